The van der Waals surface area contributed by atoms with Crippen LogP contribution in [-0.4, -0.2) is 24.1 Å². The topological polar surface area (TPSA) is 79.8 Å². The highest BCUT2D eigenvalue weighted by Gasteiger charge is 2.24. The summed E-state index contributed by atoms with van der Waals surface area (Å²) in [5, 5.41) is 9.04. The van der Waals surface area contributed by atoms with Crippen LogP contribution < -0.4 is 15.5 Å². The molecule has 2 amide bonds. The summed E-state index contributed by atoms with van der Waals surface area (Å²) < 4.78 is 6.12. The number of hydrogen-bond acceptors (Lipinski definition) is 4. The molecule has 4 aromatic rings. The second kappa shape index (κ2) is 11.8. The average Bonchev–Trinajstić information content (AvgIpc) is 2.91. The van der Waals surface area contributed by atoms with Crippen LogP contribution in [0.1, 0.15) is 35.3 Å². The van der Waals surface area contributed by atoms with Gasteiger partial charge in [-0.1, -0.05) is 92.7 Å². The van der Waals surface area contributed by atoms with Crippen molar-refractivity contribution in [1.29, 1.82) is 0 Å². The number of carbonyl (C=O) groups excluding carboxylic acids is 2. The van der Waals surface area contributed by atoms with Gasteiger partial charge >= 0.3 is 0 Å². The highest BCUT2D eigenvalue weighted by atomic mass is 16.5. The molecule has 4 rings (SSSR count). The summed E-state index contributed by atoms with van der Waals surface area (Å²) in [5.41, 5.74) is 4.91. The van der Waals surface area contributed by atoms with Crippen LogP contribution in [0.5, 0.6) is 5.75 Å². The molecule has 0 bridgehead atoms. The van der Waals surface area contributed by atoms with Crippen LogP contribution in [0.4, 0.5) is 0 Å². The Balaban J connectivity index is 1.51. The molecule has 0 aliphatic rings. The molecule has 6 nitrogen and oxygen atoms in total. The minimum atomic E-state index is -0.740. The molecule has 0 aromatic heterocycles. The van der Waals surface area contributed by atoms with Crippen LogP contribution in [0.25, 0.3) is 10.8 Å². The van der Waals surface area contributed by atoms with Crippen LogP contribution in [0, 0.1) is 5.92 Å². The van der Waals surface area contributed by atoms with E-state index in [2.05, 4.69) is 15.8 Å². The Morgan fingerprint density at radius 3 is 2.25 bits per heavy atom. The van der Waals surface area contributed by atoms with Gasteiger partial charge < -0.3 is 10.1 Å². The molecule has 4 aromatic carbocycles. The summed E-state index contributed by atoms with van der Waals surface area (Å²) in [6, 6.07) is 29.8. The number of benzene rings is 4. The van der Waals surface area contributed by atoms with Gasteiger partial charge in [0.05, 0.1) is 6.21 Å². The van der Waals surface area contributed by atoms with Crippen LogP contribution >= 0.6 is 0 Å². The molecule has 0 heterocycles. The minimum absolute atomic E-state index is 0.129. The van der Waals surface area contributed by atoms with Crippen molar-refractivity contribution in [3.05, 3.63) is 114 Å². The first-order valence-electron chi connectivity index (χ1n) is 11.9. The minimum Gasteiger partial charge on any atom is -0.488 e. The quantitative estimate of drug-likeness (QED) is 0.252. The third-order valence-electron chi connectivity index (χ3n) is 5.81. The predicted octanol–water partition coefficient (Wildman–Crippen LogP) is 5.32. The van der Waals surface area contributed by atoms with E-state index in [1.54, 1.807) is 30.5 Å². The van der Waals surface area contributed by atoms with Crippen molar-refractivity contribution in [2.75, 3.05) is 0 Å². The summed E-state index contributed by atoms with van der Waals surface area (Å²) in [6.45, 7) is 4.16. The average molecular weight is 480 g/mol. The van der Waals surface area contributed by atoms with Gasteiger partial charge in [0.2, 0.25) is 0 Å². The summed E-state index contributed by atoms with van der Waals surface area (Å²) in [7, 11) is 0. The summed E-state index contributed by atoms with van der Waals surface area (Å²) >= 11 is 0. The van der Waals surface area contributed by atoms with Crippen LogP contribution in [0.2, 0.25) is 0 Å². The number of ether oxygens (including phenoxy) is 1. The van der Waals surface area contributed by atoms with E-state index in [0.717, 1.165) is 21.9 Å². The van der Waals surface area contributed by atoms with Crippen molar-refractivity contribution in [3.8, 4) is 5.75 Å². The number of hydrazone groups is 1. The van der Waals surface area contributed by atoms with Crippen molar-refractivity contribution in [2.45, 2.75) is 26.5 Å². The van der Waals surface area contributed by atoms with Crippen molar-refractivity contribution in [3.63, 3.8) is 0 Å². The molecule has 0 spiro atoms. The molecule has 0 saturated heterocycles. The number of carbonyl (C=O) groups is 2. The van der Waals surface area contributed by atoms with E-state index in [9.17, 15) is 9.59 Å². The van der Waals surface area contributed by atoms with Crippen molar-refractivity contribution in [1.82, 2.24) is 10.7 Å². The molecule has 0 fully saturated rings. The van der Waals surface area contributed by atoms with Gasteiger partial charge in [-0.25, -0.2) is 5.43 Å². The van der Waals surface area contributed by atoms with Gasteiger partial charge in [-0.2, -0.15) is 5.10 Å². The van der Waals surface area contributed by atoms with E-state index in [0.29, 0.717) is 17.9 Å². The fourth-order valence-corrected chi connectivity index (χ4v) is 3.85. The maximum Gasteiger partial charge on any atom is 0.262 e. The monoisotopic (exact) mass is 479 g/mol. The molecule has 0 aliphatic carbocycles. The second-order valence-corrected chi connectivity index (χ2v) is 8.77. The summed E-state index contributed by atoms with van der Waals surface area (Å²) in [5.74, 6) is -0.167. The fourth-order valence-electron chi connectivity index (χ4n) is 3.85. The van der Waals surface area contributed by atoms with Gasteiger partial charge in [0.25, 0.3) is 11.8 Å². The van der Waals surface area contributed by atoms with Crippen LogP contribution in [0.3, 0.4) is 0 Å². The Hall–Kier alpha value is -4.45. The molecule has 2 N–H and O–H groups in total. The lowest BCUT2D eigenvalue weighted by Gasteiger charge is -2.20. The smallest absolute Gasteiger partial charge is 0.262 e. The van der Waals surface area contributed by atoms with E-state index in [1.165, 1.54) is 0 Å². The lowest BCUT2D eigenvalue weighted by atomic mass is 10.0. The van der Waals surface area contributed by atoms with Gasteiger partial charge in [0.15, 0.2) is 0 Å². The van der Waals surface area contributed by atoms with Gasteiger partial charge in [0, 0.05) is 11.1 Å². The Morgan fingerprint density at radius 2 is 1.53 bits per heavy atom. The third-order valence-corrected chi connectivity index (χ3v) is 5.81. The number of amides is 2. The number of fused-ring (bicyclic) bond motifs is 1. The molecule has 6 heteroatoms. The molecule has 0 aliphatic heterocycles. The molecule has 1 atom stereocenters. The molecular formula is C30H29N3O3. The molecular weight excluding hydrogens is 450 g/mol. The zero-order valence-corrected chi connectivity index (χ0v) is 20.3. The van der Waals surface area contributed by atoms with E-state index < -0.39 is 11.9 Å². The molecule has 0 saturated carbocycles. The van der Waals surface area contributed by atoms with E-state index >= 15 is 0 Å². The first-order valence-corrected chi connectivity index (χ1v) is 11.9. The highest BCUT2D eigenvalue weighted by molar-refractivity contribution is 6.03. The van der Waals surface area contributed by atoms with Crippen LogP contribution in [0.15, 0.2) is 102 Å². The summed E-state index contributed by atoms with van der Waals surface area (Å²) in [6.07, 6.45) is 1.59. The largest absolute Gasteiger partial charge is 0.488 e. The number of nitrogens with one attached hydrogen (secondary N) is 2. The summed E-state index contributed by atoms with van der Waals surface area (Å²) in [4.78, 5) is 25.5. The van der Waals surface area contributed by atoms with E-state index in [1.807, 2.05) is 86.6 Å². The first kappa shape index (κ1) is 24.7. The van der Waals surface area contributed by atoms with Crippen molar-refractivity contribution < 1.29 is 14.3 Å². The van der Waals surface area contributed by atoms with Gasteiger partial charge in [-0.3, -0.25) is 9.59 Å². The van der Waals surface area contributed by atoms with E-state index in [-0.39, 0.29) is 11.8 Å². The first-order chi connectivity index (χ1) is 17.5. The Bertz CT molecular complexity index is 1350. The number of nitrogens with zero attached hydrogens (tertiary/aromatic N) is 1. The molecule has 0 radical (unpaired) electrons. The van der Waals surface area contributed by atoms with Crippen molar-refractivity contribution >= 4 is 28.8 Å². The Morgan fingerprint density at radius 1 is 0.861 bits per heavy atom. The van der Waals surface area contributed by atoms with E-state index in [4.69, 9.17) is 4.74 Å². The maximum atomic E-state index is 12.9. The SMILES string of the molecule is CC(C)C(NC(=O)c1ccccc1)C(=O)NN=Cc1c(OCc2ccccc2)ccc2ccccc12. The zero-order valence-electron chi connectivity index (χ0n) is 20.3. The molecule has 36 heavy (non-hydrogen) atoms. The maximum absolute atomic E-state index is 12.9. The molecule has 1 unspecified atom stereocenters. The predicted molar refractivity (Wildman–Crippen MR) is 143 cm³/mol. The van der Waals surface area contributed by atoms with Gasteiger partial charge in [-0.05, 0) is 40.5 Å². The highest BCUT2D eigenvalue weighted by Crippen LogP contribution is 2.27. The van der Waals surface area contributed by atoms with Gasteiger partial charge in [0.1, 0.15) is 18.4 Å². The lowest BCUT2D eigenvalue weighted by Crippen LogP contribution is -2.48. The van der Waals surface area contributed by atoms with Crippen LogP contribution in [-0.2, 0) is 11.4 Å². The standard InChI is InChI=1S/C30H29N3O3/c1-21(2)28(32-29(34)24-14-7-4-8-15-24)30(35)33-31-19-26-25-16-10-9-13-23(25)17-18-27(26)36-20-22-11-5-3-6-12-22/h3-19,21,28H,20H2,1-2H3,(H,32,34)(H,33,35). The number of rotatable bonds is 9. The lowest BCUT2D eigenvalue weighted by molar-refractivity contribution is -0.123. The third kappa shape index (κ3) is 6.16. The number of hydrogen-bond donors (Lipinski definition) is 2. The Kier molecular flexibility index (Phi) is 8.08. The van der Waals surface area contributed by atoms with Gasteiger partial charge in [-0.15, -0.1) is 0 Å². The second-order valence-electron chi connectivity index (χ2n) is 8.77. The normalized spacial score (nSPS) is 12.0. The zero-order chi connectivity index (χ0) is 25.3. The molecule has 182 valence electrons. The fraction of sp³-hybridized carbons (Fsp3) is 0.167. The Labute approximate surface area is 211 Å². The van der Waals surface area contributed by atoms with Crippen molar-refractivity contribution in [2.24, 2.45) is 11.0 Å².